The monoisotopic (exact) mass is 248 g/mol. The van der Waals surface area contributed by atoms with E-state index in [0.29, 0.717) is 13.1 Å². The Morgan fingerprint density at radius 2 is 1.94 bits per heavy atom. The van der Waals surface area contributed by atoms with E-state index in [9.17, 15) is 9.59 Å². The van der Waals surface area contributed by atoms with Gasteiger partial charge in [0.05, 0.1) is 0 Å². The zero-order valence-corrected chi connectivity index (χ0v) is 10.3. The van der Waals surface area contributed by atoms with Gasteiger partial charge in [-0.05, 0) is 12.1 Å². The molecule has 1 saturated heterocycles. The number of carbonyl (C=O) groups is 2. The van der Waals surface area contributed by atoms with Crippen LogP contribution < -0.4 is 10.6 Å². The molecule has 1 aliphatic heterocycles. The van der Waals surface area contributed by atoms with Crippen LogP contribution in [0.1, 0.15) is 17.4 Å². The molecule has 2 rings (SSSR count). The van der Waals surface area contributed by atoms with Gasteiger partial charge in [-0.1, -0.05) is 0 Å². The normalized spacial score (nSPS) is 15.6. The molecule has 0 radical (unpaired) electrons. The zero-order chi connectivity index (χ0) is 13.1. The molecule has 96 valence electrons. The van der Waals surface area contributed by atoms with E-state index in [1.165, 1.54) is 0 Å². The summed E-state index contributed by atoms with van der Waals surface area (Å²) in [4.78, 5) is 30.1. The van der Waals surface area contributed by atoms with Crippen molar-refractivity contribution in [2.24, 2.45) is 5.73 Å². The Hall–Kier alpha value is -2.11. The molecule has 1 aromatic heterocycles. The maximum absolute atomic E-state index is 11.2. The molecule has 1 aromatic rings. The average molecular weight is 248 g/mol. The molecule has 0 aromatic carbocycles. The third-order valence-corrected chi connectivity index (χ3v) is 3.09. The highest BCUT2D eigenvalue weighted by Crippen LogP contribution is 2.16. The predicted molar refractivity (Wildman–Crippen MR) is 67.2 cm³/mol. The topological polar surface area (TPSA) is 79.5 Å². The molecule has 1 fully saturated rings. The molecule has 18 heavy (non-hydrogen) atoms. The number of carbonyl (C=O) groups excluding carboxylic acids is 2. The third-order valence-electron chi connectivity index (χ3n) is 3.09. The Labute approximate surface area is 105 Å². The van der Waals surface area contributed by atoms with Gasteiger partial charge in [-0.3, -0.25) is 14.6 Å². The van der Waals surface area contributed by atoms with Gasteiger partial charge in [-0.15, -0.1) is 0 Å². The largest absolute Gasteiger partial charge is 0.368 e. The van der Waals surface area contributed by atoms with Gasteiger partial charge in [0.2, 0.25) is 5.91 Å². The summed E-state index contributed by atoms with van der Waals surface area (Å²) in [6.45, 7) is 4.48. The quantitative estimate of drug-likeness (QED) is 0.789. The molecule has 0 aliphatic carbocycles. The molecular formula is C12H16N4O2. The van der Waals surface area contributed by atoms with Crippen molar-refractivity contribution in [3.8, 4) is 0 Å². The van der Waals surface area contributed by atoms with E-state index in [4.69, 9.17) is 5.73 Å². The van der Waals surface area contributed by atoms with Crippen molar-refractivity contribution in [2.45, 2.75) is 6.92 Å². The van der Waals surface area contributed by atoms with E-state index in [-0.39, 0.29) is 11.6 Å². The van der Waals surface area contributed by atoms with Crippen LogP contribution in [0.25, 0.3) is 0 Å². The fourth-order valence-electron chi connectivity index (χ4n) is 2.03. The highest BCUT2D eigenvalue weighted by atomic mass is 16.2. The van der Waals surface area contributed by atoms with Crippen LogP contribution in [0.2, 0.25) is 0 Å². The second-order valence-corrected chi connectivity index (χ2v) is 4.26. The Morgan fingerprint density at radius 3 is 2.50 bits per heavy atom. The van der Waals surface area contributed by atoms with Crippen LogP contribution >= 0.6 is 0 Å². The summed E-state index contributed by atoms with van der Waals surface area (Å²) in [6, 6.07) is 3.53. The minimum Gasteiger partial charge on any atom is -0.368 e. The Kier molecular flexibility index (Phi) is 3.45. The molecule has 2 N–H and O–H groups in total. The van der Waals surface area contributed by atoms with Crippen molar-refractivity contribution >= 4 is 17.5 Å². The summed E-state index contributed by atoms with van der Waals surface area (Å²) >= 11 is 0. The van der Waals surface area contributed by atoms with Crippen LogP contribution in [-0.2, 0) is 4.79 Å². The number of nitrogens with zero attached hydrogens (tertiary/aromatic N) is 3. The number of hydrogen-bond acceptors (Lipinski definition) is 4. The van der Waals surface area contributed by atoms with Gasteiger partial charge < -0.3 is 15.5 Å². The first-order valence-electron chi connectivity index (χ1n) is 5.84. The lowest BCUT2D eigenvalue weighted by Crippen LogP contribution is -2.48. The van der Waals surface area contributed by atoms with E-state index in [2.05, 4.69) is 9.88 Å². The molecular weight excluding hydrogens is 232 g/mol. The lowest BCUT2D eigenvalue weighted by Gasteiger charge is -2.35. The predicted octanol–water partition coefficient (Wildman–Crippen LogP) is -0.151. The number of aromatic nitrogens is 1. The van der Waals surface area contributed by atoms with Gasteiger partial charge in [0.15, 0.2) is 0 Å². The first-order chi connectivity index (χ1) is 8.58. The zero-order valence-electron chi connectivity index (χ0n) is 10.3. The summed E-state index contributed by atoms with van der Waals surface area (Å²) in [5.41, 5.74) is 6.38. The first-order valence-corrected chi connectivity index (χ1v) is 5.84. The molecule has 2 amide bonds. The van der Waals surface area contributed by atoms with Gasteiger partial charge in [0.25, 0.3) is 5.91 Å². The minimum atomic E-state index is -0.528. The fourth-order valence-corrected chi connectivity index (χ4v) is 2.03. The van der Waals surface area contributed by atoms with E-state index in [0.717, 1.165) is 18.8 Å². The van der Waals surface area contributed by atoms with Crippen molar-refractivity contribution in [2.75, 3.05) is 31.1 Å². The van der Waals surface area contributed by atoms with Crippen molar-refractivity contribution in [3.05, 3.63) is 24.0 Å². The summed E-state index contributed by atoms with van der Waals surface area (Å²) in [6.07, 6.45) is 1.58. The highest BCUT2D eigenvalue weighted by Gasteiger charge is 2.19. The van der Waals surface area contributed by atoms with E-state index in [1.54, 1.807) is 19.2 Å². The van der Waals surface area contributed by atoms with E-state index >= 15 is 0 Å². The summed E-state index contributed by atoms with van der Waals surface area (Å²) in [5, 5.41) is 0. The lowest BCUT2D eigenvalue weighted by molar-refractivity contribution is -0.129. The fraction of sp³-hybridized carbons (Fsp3) is 0.417. The Morgan fingerprint density at radius 1 is 1.28 bits per heavy atom. The standard InChI is InChI=1S/C12H16N4O2/c1-9(17)15-4-6-16(7-5-15)10-2-3-14-11(8-10)12(13)18/h2-3,8H,4-7H2,1H3,(H2,13,18). The summed E-state index contributed by atoms with van der Waals surface area (Å²) < 4.78 is 0. The van der Waals surface area contributed by atoms with E-state index < -0.39 is 5.91 Å². The number of rotatable bonds is 2. The van der Waals surface area contributed by atoms with Gasteiger partial charge in [-0.25, -0.2) is 0 Å². The van der Waals surface area contributed by atoms with Crippen LogP contribution in [0.3, 0.4) is 0 Å². The molecule has 6 nitrogen and oxygen atoms in total. The first kappa shape index (κ1) is 12.3. The summed E-state index contributed by atoms with van der Waals surface area (Å²) in [5.74, 6) is -0.429. The number of anilines is 1. The van der Waals surface area contributed by atoms with Gasteiger partial charge in [-0.2, -0.15) is 0 Å². The molecule has 0 saturated carbocycles. The smallest absolute Gasteiger partial charge is 0.267 e. The molecule has 6 heteroatoms. The number of nitrogens with two attached hydrogens (primary N) is 1. The summed E-state index contributed by atoms with van der Waals surface area (Å²) in [7, 11) is 0. The highest BCUT2D eigenvalue weighted by molar-refractivity contribution is 5.91. The number of piperazine rings is 1. The Bertz CT molecular complexity index is 467. The van der Waals surface area contributed by atoms with Crippen LogP contribution in [-0.4, -0.2) is 47.9 Å². The lowest BCUT2D eigenvalue weighted by atomic mass is 10.2. The molecule has 2 heterocycles. The third kappa shape index (κ3) is 2.58. The van der Waals surface area contributed by atoms with Crippen molar-refractivity contribution in [1.82, 2.24) is 9.88 Å². The second kappa shape index (κ2) is 5.03. The van der Waals surface area contributed by atoms with Crippen LogP contribution in [0.5, 0.6) is 0 Å². The average Bonchev–Trinajstić information content (AvgIpc) is 2.39. The van der Waals surface area contributed by atoms with Gasteiger partial charge in [0.1, 0.15) is 5.69 Å². The molecule has 0 unspecified atom stereocenters. The number of primary amides is 1. The minimum absolute atomic E-state index is 0.0993. The van der Waals surface area contributed by atoms with Gasteiger partial charge >= 0.3 is 0 Å². The van der Waals surface area contributed by atoms with Crippen molar-refractivity contribution in [1.29, 1.82) is 0 Å². The van der Waals surface area contributed by atoms with Crippen LogP contribution in [0.15, 0.2) is 18.3 Å². The maximum Gasteiger partial charge on any atom is 0.267 e. The van der Waals surface area contributed by atoms with Crippen molar-refractivity contribution in [3.63, 3.8) is 0 Å². The number of hydrogen-bond donors (Lipinski definition) is 1. The van der Waals surface area contributed by atoms with Crippen LogP contribution in [0.4, 0.5) is 5.69 Å². The van der Waals surface area contributed by atoms with E-state index in [1.807, 2.05) is 11.0 Å². The second-order valence-electron chi connectivity index (χ2n) is 4.26. The number of amides is 2. The molecule has 0 atom stereocenters. The Balaban J connectivity index is 2.07. The molecule has 1 aliphatic rings. The van der Waals surface area contributed by atoms with Crippen LogP contribution in [0, 0.1) is 0 Å². The molecule has 0 spiro atoms. The molecule has 0 bridgehead atoms. The number of pyridine rings is 1. The SMILES string of the molecule is CC(=O)N1CCN(c2ccnc(C(N)=O)c2)CC1. The van der Waals surface area contributed by atoms with Gasteiger partial charge in [0, 0.05) is 45.0 Å². The van der Waals surface area contributed by atoms with Crippen molar-refractivity contribution < 1.29 is 9.59 Å². The maximum atomic E-state index is 11.2.